The Balaban J connectivity index is 2.38. The van der Waals surface area contributed by atoms with E-state index < -0.39 is 0 Å². The first-order valence-corrected chi connectivity index (χ1v) is 6.25. The van der Waals surface area contributed by atoms with Gasteiger partial charge in [-0.2, -0.15) is 0 Å². The van der Waals surface area contributed by atoms with E-state index in [0.717, 1.165) is 18.7 Å². The molecule has 2 N–H and O–H groups in total. The van der Waals surface area contributed by atoms with E-state index in [1.807, 2.05) is 6.07 Å². The SMILES string of the molecule is CN(C)C(=O)c1cc(NCCCOCCO)ccn1. The highest BCUT2D eigenvalue weighted by atomic mass is 16.5. The number of amides is 1. The number of hydrogen-bond donors (Lipinski definition) is 2. The molecule has 106 valence electrons. The Hall–Kier alpha value is -1.66. The molecule has 1 aromatic heterocycles. The molecule has 0 saturated carbocycles. The molecule has 0 aliphatic heterocycles. The van der Waals surface area contributed by atoms with Crippen LogP contribution in [0.2, 0.25) is 0 Å². The molecule has 6 nitrogen and oxygen atoms in total. The second kappa shape index (κ2) is 8.44. The van der Waals surface area contributed by atoms with Gasteiger partial charge < -0.3 is 20.1 Å². The number of aliphatic hydroxyl groups excluding tert-OH is 1. The summed E-state index contributed by atoms with van der Waals surface area (Å²) in [4.78, 5) is 17.3. The quantitative estimate of drug-likeness (QED) is 0.674. The minimum Gasteiger partial charge on any atom is -0.394 e. The second-order valence-corrected chi connectivity index (χ2v) is 4.25. The van der Waals surface area contributed by atoms with E-state index in [-0.39, 0.29) is 12.5 Å². The molecule has 6 heteroatoms. The molecular formula is C13H21N3O3. The van der Waals surface area contributed by atoms with E-state index in [9.17, 15) is 4.79 Å². The lowest BCUT2D eigenvalue weighted by Crippen LogP contribution is -2.22. The Morgan fingerprint density at radius 3 is 2.95 bits per heavy atom. The third-order valence-corrected chi connectivity index (χ3v) is 2.42. The summed E-state index contributed by atoms with van der Waals surface area (Å²) in [5.41, 5.74) is 1.29. The number of pyridine rings is 1. The van der Waals surface area contributed by atoms with Gasteiger partial charge in [0, 0.05) is 39.1 Å². The normalized spacial score (nSPS) is 10.3. The van der Waals surface area contributed by atoms with Crippen molar-refractivity contribution in [2.75, 3.05) is 45.8 Å². The van der Waals surface area contributed by atoms with Crippen molar-refractivity contribution in [1.29, 1.82) is 0 Å². The van der Waals surface area contributed by atoms with Gasteiger partial charge in [0.15, 0.2) is 0 Å². The maximum absolute atomic E-state index is 11.7. The number of anilines is 1. The van der Waals surface area contributed by atoms with E-state index in [1.165, 1.54) is 4.90 Å². The third-order valence-electron chi connectivity index (χ3n) is 2.42. The standard InChI is InChI=1S/C13H21N3O3/c1-16(2)13(18)12-10-11(4-6-15-12)14-5-3-8-19-9-7-17/h4,6,10,17H,3,5,7-9H2,1-2H3,(H,14,15). The predicted molar refractivity (Wildman–Crippen MR) is 73.3 cm³/mol. The van der Waals surface area contributed by atoms with E-state index >= 15 is 0 Å². The molecule has 0 aliphatic rings. The van der Waals surface area contributed by atoms with Crippen LogP contribution in [0.25, 0.3) is 0 Å². The van der Waals surface area contributed by atoms with Crippen molar-refractivity contribution in [1.82, 2.24) is 9.88 Å². The smallest absolute Gasteiger partial charge is 0.272 e. The maximum Gasteiger partial charge on any atom is 0.272 e. The number of carbonyl (C=O) groups excluding carboxylic acids is 1. The van der Waals surface area contributed by atoms with Gasteiger partial charge in [-0.3, -0.25) is 9.78 Å². The van der Waals surface area contributed by atoms with E-state index in [2.05, 4.69) is 10.3 Å². The van der Waals surface area contributed by atoms with Gasteiger partial charge in [0.1, 0.15) is 5.69 Å². The number of carbonyl (C=O) groups is 1. The van der Waals surface area contributed by atoms with Gasteiger partial charge in [0.2, 0.25) is 0 Å². The lowest BCUT2D eigenvalue weighted by molar-refractivity contribution is 0.0822. The minimum absolute atomic E-state index is 0.0494. The number of nitrogens with zero attached hydrogens (tertiary/aromatic N) is 2. The van der Waals surface area contributed by atoms with Gasteiger partial charge in [-0.1, -0.05) is 0 Å². The first-order chi connectivity index (χ1) is 9.15. The maximum atomic E-state index is 11.7. The van der Waals surface area contributed by atoms with E-state index in [4.69, 9.17) is 9.84 Å². The van der Waals surface area contributed by atoms with Crippen LogP contribution >= 0.6 is 0 Å². The van der Waals surface area contributed by atoms with Gasteiger partial charge in [-0.05, 0) is 18.6 Å². The van der Waals surface area contributed by atoms with E-state index in [1.54, 1.807) is 26.4 Å². The lowest BCUT2D eigenvalue weighted by Gasteiger charge is -2.11. The third kappa shape index (κ3) is 5.67. The van der Waals surface area contributed by atoms with Crippen molar-refractivity contribution < 1.29 is 14.6 Å². The summed E-state index contributed by atoms with van der Waals surface area (Å²) in [5, 5.41) is 11.7. The van der Waals surface area contributed by atoms with Crippen molar-refractivity contribution in [2.45, 2.75) is 6.42 Å². The lowest BCUT2D eigenvalue weighted by atomic mass is 10.3. The topological polar surface area (TPSA) is 74.7 Å². The van der Waals surface area contributed by atoms with Crippen LogP contribution in [0, 0.1) is 0 Å². The summed E-state index contributed by atoms with van der Waals surface area (Å²) in [6, 6.07) is 3.55. The molecule has 0 aliphatic carbocycles. The van der Waals surface area contributed by atoms with Crippen LogP contribution in [0.15, 0.2) is 18.3 Å². The molecule has 0 spiro atoms. The molecule has 19 heavy (non-hydrogen) atoms. The van der Waals surface area contributed by atoms with Gasteiger partial charge in [0.25, 0.3) is 5.91 Å². The molecule has 1 amide bonds. The van der Waals surface area contributed by atoms with Gasteiger partial charge in [0.05, 0.1) is 13.2 Å². The van der Waals surface area contributed by atoms with E-state index in [0.29, 0.717) is 18.9 Å². The van der Waals surface area contributed by atoms with Gasteiger partial charge in [-0.25, -0.2) is 0 Å². The average molecular weight is 267 g/mol. The first kappa shape index (κ1) is 15.4. The number of aromatic nitrogens is 1. The fraction of sp³-hybridized carbons (Fsp3) is 0.538. The Morgan fingerprint density at radius 2 is 2.26 bits per heavy atom. The highest BCUT2D eigenvalue weighted by Gasteiger charge is 2.09. The monoisotopic (exact) mass is 267 g/mol. The zero-order chi connectivity index (χ0) is 14.1. The molecule has 0 aromatic carbocycles. The van der Waals surface area contributed by atoms with Crippen LogP contribution < -0.4 is 5.32 Å². The van der Waals surface area contributed by atoms with Gasteiger partial charge in [-0.15, -0.1) is 0 Å². The van der Waals surface area contributed by atoms with Crippen molar-refractivity contribution in [3.8, 4) is 0 Å². The van der Waals surface area contributed by atoms with Crippen LogP contribution in [-0.2, 0) is 4.74 Å². The molecular weight excluding hydrogens is 246 g/mol. The van der Waals surface area contributed by atoms with Crippen molar-refractivity contribution >= 4 is 11.6 Å². The van der Waals surface area contributed by atoms with Crippen LogP contribution in [0.1, 0.15) is 16.9 Å². The molecule has 0 atom stereocenters. The summed E-state index contributed by atoms with van der Waals surface area (Å²) >= 11 is 0. The number of rotatable bonds is 8. The Morgan fingerprint density at radius 1 is 1.47 bits per heavy atom. The fourth-order valence-electron chi connectivity index (χ4n) is 1.46. The zero-order valence-corrected chi connectivity index (χ0v) is 11.4. The molecule has 0 unspecified atom stereocenters. The van der Waals surface area contributed by atoms with Crippen LogP contribution in [0.4, 0.5) is 5.69 Å². The summed E-state index contributed by atoms with van der Waals surface area (Å²) in [6.45, 7) is 1.76. The summed E-state index contributed by atoms with van der Waals surface area (Å²) in [5.74, 6) is -0.116. The van der Waals surface area contributed by atoms with Crippen molar-refractivity contribution in [2.24, 2.45) is 0 Å². The summed E-state index contributed by atoms with van der Waals surface area (Å²) < 4.78 is 5.15. The Bertz CT molecular complexity index is 396. The average Bonchev–Trinajstić information content (AvgIpc) is 2.42. The first-order valence-electron chi connectivity index (χ1n) is 6.25. The summed E-state index contributed by atoms with van der Waals surface area (Å²) in [6.07, 6.45) is 2.45. The number of hydrogen-bond acceptors (Lipinski definition) is 5. The van der Waals surface area contributed by atoms with Crippen LogP contribution in [0.5, 0.6) is 0 Å². The molecule has 1 aromatic rings. The molecule has 0 saturated heterocycles. The molecule has 0 bridgehead atoms. The van der Waals surface area contributed by atoms with Gasteiger partial charge >= 0.3 is 0 Å². The number of aliphatic hydroxyl groups is 1. The number of ether oxygens (including phenoxy) is 1. The highest BCUT2D eigenvalue weighted by molar-refractivity contribution is 5.92. The Kier molecular flexibility index (Phi) is 6.84. The zero-order valence-electron chi connectivity index (χ0n) is 11.4. The molecule has 1 heterocycles. The predicted octanol–water partition coefficient (Wildman–Crippen LogP) is 0.594. The molecule has 0 fully saturated rings. The number of nitrogens with one attached hydrogen (secondary N) is 1. The molecule has 1 rings (SSSR count). The fourth-order valence-corrected chi connectivity index (χ4v) is 1.46. The van der Waals surface area contributed by atoms with Crippen LogP contribution in [-0.4, -0.2) is 61.4 Å². The summed E-state index contributed by atoms with van der Waals surface area (Å²) in [7, 11) is 3.39. The Labute approximate surface area is 113 Å². The minimum atomic E-state index is -0.116. The van der Waals surface area contributed by atoms with Crippen molar-refractivity contribution in [3.63, 3.8) is 0 Å². The second-order valence-electron chi connectivity index (χ2n) is 4.25. The largest absolute Gasteiger partial charge is 0.394 e. The van der Waals surface area contributed by atoms with Crippen molar-refractivity contribution in [3.05, 3.63) is 24.0 Å². The molecule has 0 radical (unpaired) electrons. The highest BCUT2D eigenvalue weighted by Crippen LogP contribution is 2.09. The van der Waals surface area contributed by atoms with Crippen LogP contribution in [0.3, 0.4) is 0 Å².